The van der Waals surface area contributed by atoms with E-state index >= 15 is 0 Å². The first-order valence-corrected chi connectivity index (χ1v) is 10.9. The standard InChI is InChI=1S/C22H34N4O2/c1-22(2,16-6-4-5-7-16)13-25-21(23-3)24-10-11-26-19(27)17-14-8-9-15(12-14)18(17)20(26)28/h8-9,14-18H,4-7,10-13H2,1-3H3,(H2,23,24,25). The molecule has 0 aromatic heterocycles. The van der Waals surface area contributed by atoms with Gasteiger partial charge in [0.2, 0.25) is 11.8 Å². The summed E-state index contributed by atoms with van der Waals surface area (Å²) < 4.78 is 0. The zero-order valence-corrected chi connectivity index (χ0v) is 17.4. The predicted molar refractivity (Wildman–Crippen MR) is 110 cm³/mol. The van der Waals surface area contributed by atoms with Gasteiger partial charge in [-0.05, 0) is 42.4 Å². The number of aliphatic imine (C=N–C) groups is 1. The highest BCUT2D eigenvalue weighted by molar-refractivity contribution is 6.06. The fourth-order valence-corrected chi connectivity index (χ4v) is 5.85. The first-order valence-electron chi connectivity index (χ1n) is 10.9. The van der Waals surface area contributed by atoms with Gasteiger partial charge in [0, 0.05) is 26.7 Å². The molecule has 4 rings (SSSR count). The van der Waals surface area contributed by atoms with Crippen molar-refractivity contribution in [3.05, 3.63) is 12.2 Å². The number of amides is 2. The smallest absolute Gasteiger partial charge is 0.233 e. The van der Waals surface area contributed by atoms with Crippen LogP contribution in [0, 0.1) is 35.0 Å². The molecule has 6 nitrogen and oxygen atoms in total. The highest BCUT2D eigenvalue weighted by Gasteiger charge is 2.58. The van der Waals surface area contributed by atoms with E-state index < -0.39 is 0 Å². The summed E-state index contributed by atoms with van der Waals surface area (Å²) in [4.78, 5) is 31.3. The van der Waals surface area contributed by atoms with Crippen molar-refractivity contribution in [3.8, 4) is 0 Å². The zero-order chi connectivity index (χ0) is 19.9. The van der Waals surface area contributed by atoms with E-state index in [9.17, 15) is 9.59 Å². The van der Waals surface area contributed by atoms with Crippen LogP contribution in [0.4, 0.5) is 0 Å². The summed E-state index contributed by atoms with van der Waals surface area (Å²) in [6.07, 6.45) is 10.6. The number of allylic oxidation sites excluding steroid dienone is 2. The third-order valence-electron chi connectivity index (χ3n) is 7.58. The lowest BCUT2D eigenvalue weighted by molar-refractivity contribution is -0.140. The Morgan fingerprint density at radius 3 is 2.29 bits per heavy atom. The fraction of sp³-hybridized carbons (Fsp3) is 0.773. The lowest BCUT2D eigenvalue weighted by Gasteiger charge is -2.32. The fourth-order valence-electron chi connectivity index (χ4n) is 5.85. The molecule has 3 fully saturated rings. The minimum Gasteiger partial charge on any atom is -0.356 e. The van der Waals surface area contributed by atoms with E-state index in [4.69, 9.17) is 0 Å². The molecule has 1 saturated heterocycles. The second kappa shape index (κ2) is 7.53. The monoisotopic (exact) mass is 386 g/mol. The second-order valence-corrected chi connectivity index (χ2v) is 9.65. The summed E-state index contributed by atoms with van der Waals surface area (Å²) in [5.41, 5.74) is 0.235. The van der Waals surface area contributed by atoms with Crippen molar-refractivity contribution in [2.45, 2.75) is 46.0 Å². The highest BCUT2D eigenvalue weighted by Crippen LogP contribution is 2.52. The van der Waals surface area contributed by atoms with Crippen molar-refractivity contribution in [1.29, 1.82) is 0 Å². The Bertz CT molecular complexity index is 663. The van der Waals surface area contributed by atoms with Gasteiger partial charge in [-0.15, -0.1) is 0 Å². The molecule has 154 valence electrons. The van der Waals surface area contributed by atoms with Crippen molar-refractivity contribution >= 4 is 17.8 Å². The Labute approximate surface area is 168 Å². The number of carbonyl (C=O) groups excluding carboxylic acids is 2. The van der Waals surface area contributed by atoms with Gasteiger partial charge in [0.15, 0.2) is 5.96 Å². The van der Waals surface area contributed by atoms with Gasteiger partial charge in [-0.25, -0.2) is 0 Å². The number of rotatable bonds is 6. The topological polar surface area (TPSA) is 73.8 Å². The average Bonchev–Trinajstić information content (AvgIpc) is 3.45. The minimum absolute atomic E-state index is 0.0268. The predicted octanol–water partition coefficient (Wildman–Crippen LogP) is 2.17. The zero-order valence-electron chi connectivity index (χ0n) is 17.4. The molecular formula is C22H34N4O2. The summed E-state index contributed by atoms with van der Waals surface area (Å²) in [6.45, 7) is 6.47. The van der Waals surface area contributed by atoms with Crippen LogP contribution in [0.3, 0.4) is 0 Å². The van der Waals surface area contributed by atoms with Crippen molar-refractivity contribution in [1.82, 2.24) is 15.5 Å². The largest absolute Gasteiger partial charge is 0.356 e. The summed E-state index contributed by atoms with van der Waals surface area (Å²) in [5, 5.41) is 6.72. The van der Waals surface area contributed by atoms with Gasteiger partial charge in [0.05, 0.1) is 11.8 Å². The molecule has 6 heteroatoms. The number of hydrogen-bond donors (Lipinski definition) is 2. The Morgan fingerprint density at radius 1 is 1.11 bits per heavy atom. The quantitative estimate of drug-likeness (QED) is 0.318. The number of hydrogen-bond acceptors (Lipinski definition) is 3. The van der Waals surface area contributed by atoms with E-state index in [2.05, 4.69) is 41.6 Å². The maximum atomic E-state index is 12.7. The number of nitrogens with zero attached hydrogens (tertiary/aromatic N) is 2. The molecule has 0 radical (unpaired) electrons. The van der Waals surface area contributed by atoms with Crippen LogP contribution in [0.25, 0.3) is 0 Å². The van der Waals surface area contributed by atoms with Gasteiger partial charge < -0.3 is 10.6 Å². The van der Waals surface area contributed by atoms with Crippen LogP contribution in [-0.2, 0) is 9.59 Å². The van der Waals surface area contributed by atoms with Crippen molar-refractivity contribution in [2.24, 2.45) is 40.0 Å². The maximum absolute atomic E-state index is 12.7. The van der Waals surface area contributed by atoms with Crippen LogP contribution < -0.4 is 10.6 Å². The molecule has 2 saturated carbocycles. The van der Waals surface area contributed by atoms with E-state index in [1.807, 2.05) is 0 Å². The van der Waals surface area contributed by atoms with Crippen molar-refractivity contribution in [2.75, 3.05) is 26.7 Å². The molecule has 2 bridgehead atoms. The highest BCUT2D eigenvalue weighted by atomic mass is 16.2. The second-order valence-electron chi connectivity index (χ2n) is 9.65. The van der Waals surface area contributed by atoms with Crippen molar-refractivity contribution in [3.63, 3.8) is 0 Å². The molecule has 4 unspecified atom stereocenters. The number of guanidine groups is 1. The number of likely N-dealkylation sites (tertiary alicyclic amines) is 1. The Morgan fingerprint density at radius 2 is 1.71 bits per heavy atom. The normalized spacial score (nSPS) is 32.5. The Hall–Kier alpha value is -1.85. The lowest BCUT2D eigenvalue weighted by atomic mass is 9.78. The van der Waals surface area contributed by atoms with Gasteiger partial charge >= 0.3 is 0 Å². The molecule has 4 atom stereocenters. The third-order valence-corrected chi connectivity index (χ3v) is 7.58. The van der Waals surface area contributed by atoms with Gasteiger partial charge in [-0.2, -0.15) is 0 Å². The first-order chi connectivity index (χ1) is 13.4. The molecule has 0 aromatic rings. The van der Waals surface area contributed by atoms with E-state index in [1.165, 1.54) is 30.6 Å². The Kier molecular flexibility index (Phi) is 5.23. The van der Waals surface area contributed by atoms with Gasteiger partial charge in [-0.3, -0.25) is 19.5 Å². The molecule has 2 N–H and O–H groups in total. The third kappa shape index (κ3) is 3.35. The maximum Gasteiger partial charge on any atom is 0.233 e. The van der Waals surface area contributed by atoms with Crippen LogP contribution in [0.2, 0.25) is 0 Å². The van der Waals surface area contributed by atoms with Crippen LogP contribution >= 0.6 is 0 Å². The van der Waals surface area contributed by atoms with E-state index in [0.717, 1.165) is 24.8 Å². The summed E-state index contributed by atoms with van der Waals surface area (Å²) >= 11 is 0. The van der Waals surface area contributed by atoms with Crippen LogP contribution in [0.5, 0.6) is 0 Å². The Balaban J connectivity index is 1.25. The number of carbonyl (C=O) groups is 2. The van der Waals surface area contributed by atoms with E-state index in [1.54, 1.807) is 7.05 Å². The molecule has 2 amide bonds. The number of nitrogens with one attached hydrogen (secondary N) is 2. The van der Waals surface area contributed by atoms with Crippen LogP contribution in [0.15, 0.2) is 17.1 Å². The summed E-state index contributed by atoms with van der Waals surface area (Å²) in [5.74, 6) is 1.90. The molecular weight excluding hydrogens is 352 g/mol. The average molecular weight is 387 g/mol. The molecule has 0 spiro atoms. The minimum atomic E-state index is -0.104. The molecule has 1 aliphatic heterocycles. The molecule has 1 heterocycles. The first kappa shape index (κ1) is 19.5. The van der Waals surface area contributed by atoms with Crippen molar-refractivity contribution < 1.29 is 9.59 Å². The van der Waals surface area contributed by atoms with Gasteiger partial charge in [-0.1, -0.05) is 38.8 Å². The van der Waals surface area contributed by atoms with Gasteiger partial charge in [0.25, 0.3) is 0 Å². The van der Waals surface area contributed by atoms with Gasteiger partial charge in [0.1, 0.15) is 0 Å². The van der Waals surface area contributed by atoms with E-state index in [0.29, 0.717) is 13.1 Å². The molecule has 28 heavy (non-hydrogen) atoms. The lowest BCUT2D eigenvalue weighted by Crippen LogP contribution is -2.46. The molecule has 3 aliphatic carbocycles. The SMILES string of the molecule is CN=C(NCCN1C(=O)C2C3C=CC(C3)C2C1=O)NCC(C)(C)C1CCCC1. The number of imide groups is 1. The van der Waals surface area contributed by atoms with E-state index in [-0.39, 0.29) is 40.9 Å². The number of fused-ring (bicyclic) bond motifs is 5. The molecule has 0 aromatic carbocycles. The summed E-state index contributed by atoms with van der Waals surface area (Å²) in [6, 6.07) is 0. The van der Waals surface area contributed by atoms with Crippen LogP contribution in [0.1, 0.15) is 46.0 Å². The molecule has 4 aliphatic rings. The van der Waals surface area contributed by atoms with Crippen LogP contribution in [-0.4, -0.2) is 49.4 Å². The summed E-state index contributed by atoms with van der Waals surface area (Å²) in [7, 11) is 1.76.